The van der Waals surface area contributed by atoms with Gasteiger partial charge in [0.25, 0.3) is 0 Å². The van der Waals surface area contributed by atoms with Crippen molar-refractivity contribution < 1.29 is 49.3 Å². The second-order valence-electron chi connectivity index (χ2n) is 13.4. The van der Waals surface area contributed by atoms with Crippen molar-refractivity contribution in [3.8, 4) is 23.1 Å². The monoisotopic (exact) mass is 717 g/mol. The Morgan fingerprint density at radius 2 is 1.78 bits per heavy atom. The molecule has 0 radical (unpaired) electrons. The van der Waals surface area contributed by atoms with E-state index in [1.807, 2.05) is 6.92 Å². The van der Waals surface area contributed by atoms with E-state index in [1.165, 1.54) is 4.90 Å². The van der Waals surface area contributed by atoms with Gasteiger partial charge in [0.1, 0.15) is 28.2 Å². The topological polar surface area (TPSA) is 111 Å². The lowest BCUT2D eigenvalue weighted by Crippen LogP contribution is -2.64. The molecule has 1 saturated carbocycles. The van der Waals surface area contributed by atoms with Gasteiger partial charge in [-0.25, -0.2) is 13.8 Å². The molecule has 2 aromatic heterocycles. The molecule has 5 heterocycles. The smallest absolute Gasteiger partial charge is 0.427 e. The minimum Gasteiger partial charge on any atom is -0.463 e. The fourth-order valence-corrected chi connectivity index (χ4v) is 7.09. The number of hydrogen-bond acceptors (Lipinski definition) is 10. The fraction of sp³-hybridized carbons (Fsp3) is 0.594. The van der Waals surface area contributed by atoms with Gasteiger partial charge in [-0.15, -0.1) is 0 Å². The Morgan fingerprint density at radius 3 is 2.42 bits per heavy atom. The molecule has 50 heavy (non-hydrogen) atoms. The molecule has 0 spiro atoms. The first-order chi connectivity index (χ1) is 23.6. The number of nitrogens with one attached hydrogen (secondary N) is 1. The van der Waals surface area contributed by atoms with Crippen LogP contribution in [0.3, 0.4) is 0 Å². The van der Waals surface area contributed by atoms with Crippen molar-refractivity contribution in [2.75, 3.05) is 63.2 Å². The van der Waals surface area contributed by atoms with E-state index < -0.39 is 75.6 Å². The average Bonchev–Trinajstić information content (AvgIpc) is 3.85. The van der Waals surface area contributed by atoms with Crippen molar-refractivity contribution in [1.82, 2.24) is 25.2 Å². The Kier molecular flexibility index (Phi) is 8.65. The molecule has 1 unspecified atom stereocenters. The van der Waals surface area contributed by atoms with Gasteiger partial charge in [-0.05, 0) is 37.8 Å². The molecule has 7 rings (SSSR count). The lowest BCUT2D eigenvalue weighted by Gasteiger charge is -2.42. The Bertz CT molecular complexity index is 1800. The number of piperazine rings is 1. The summed E-state index contributed by atoms with van der Waals surface area (Å²) in [6.07, 6.45) is -10.6. The van der Waals surface area contributed by atoms with Crippen LogP contribution < -0.4 is 25.4 Å². The molecule has 272 valence electrons. The number of alkyl halides is 6. The zero-order valence-electron chi connectivity index (χ0n) is 27.1. The number of benzene rings is 1. The molecule has 4 aliphatic rings. The second kappa shape index (κ2) is 12.5. The SMILES string of the molecule is CC[C@@H]1CN2c3nc(OCC4(CN5CCOCC5)CC4)nc4c(F)c(-c5cc(N)c(F)c(C)c5C(F)(F)F)nc(c34)OC(C(F)(F)F)[C@@H]2CN1. The van der Waals surface area contributed by atoms with Gasteiger partial charge in [0.15, 0.2) is 5.82 Å². The van der Waals surface area contributed by atoms with Gasteiger partial charge >= 0.3 is 18.4 Å². The maximum atomic E-state index is 16.8. The van der Waals surface area contributed by atoms with Crippen LogP contribution in [0.2, 0.25) is 0 Å². The normalized spacial score (nSPS) is 23.7. The summed E-state index contributed by atoms with van der Waals surface area (Å²) in [5.41, 5.74) is -0.586. The number of nitrogens with two attached hydrogens (primary N) is 1. The van der Waals surface area contributed by atoms with Gasteiger partial charge in [-0.1, -0.05) is 6.92 Å². The summed E-state index contributed by atoms with van der Waals surface area (Å²) in [5, 5.41) is 2.72. The van der Waals surface area contributed by atoms with Crippen LogP contribution in [0.4, 0.5) is 46.6 Å². The molecule has 3 aromatic rings. The molecular weight excluding hydrogens is 682 g/mol. The molecule has 1 aromatic carbocycles. The van der Waals surface area contributed by atoms with Crippen LogP contribution in [-0.4, -0.2) is 96.8 Å². The van der Waals surface area contributed by atoms with Crippen LogP contribution in [0.25, 0.3) is 22.2 Å². The molecule has 3 atom stereocenters. The number of halogens is 8. The number of ether oxygens (including phenoxy) is 3. The highest BCUT2D eigenvalue weighted by atomic mass is 19.4. The van der Waals surface area contributed by atoms with Crippen LogP contribution in [0.5, 0.6) is 11.9 Å². The first kappa shape index (κ1) is 34.7. The summed E-state index contributed by atoms with van der Waals surface area (Å²) < 4.78 is 136. The van der Waals surface area contributed by atoms with Gasteiger partial charge in [-0.3, -0.25) is 4.90 Å². The molecule has 10 nitrogen and oxygen atoms in total. The van der Waals surface area contributed by atoms with Gasteiger partial charge in [0, 0.05) is 49.7 Å². The van der Waals surface area contributed by atoms with Crippen LogP contribution >= 0.6 is 0 Å². The highest BCUT2D eigenvalue weighted by molar-refractivity contribution is 5.97. The van der Waals surface area contributed by atoms with E-state index in [-0.39, 0.29) is 48.4 Å². The number of hydrogen-bond donors (Lipinski definition) is 2. The first-order valence-electron chi connectivity index (χ1n) is 16.3. The lowest BCUT2D eigenvalue weighted by molar-refractivity contribution is -0.201. The van der Waals surface area contributed by atoms with Crippen molar-refractivity contribution in [2.24, 2.45) is 5.41 Å². The number of aromatic nitrogens is 3. The molecule has 3 fully saturated rings. The quantitative estimate of drug-likeness (QED) is 0.249. The minimum absolute atomic E-state index is 0.0123. The molecule has 0 bridgehead atoms. The van der Waals surface area contributed by atoms with E-state index in [0.29, 0.717) is 32.2 Å². The molecule has 2 saturated heterocycles. The highest BCUT2D eigenvalue weighted by Crippen LogP contribution is 2.49. The summed E-state index contributed by atoms with van der Waals surface area (Å²) in [4.78, 5) is 16.3. The fourth-order valence-electron chi connectivity index (χ4n) is 7.09. The minimum atomic E-state index is -5.23. The molecule has 0 amide bonds. The Labute approximate surface area is 281 Å². The van der Waals surface area contributed by atoms with E-state index in [2.05, 4.69) is 25.2 Å². The molecule has 1 aliphatic carbocycles. The molecule has 3 N–H and O–H groups in total. The van der Waals surface area contributed by atoms with Gasteiger partial charge in [-0.2, -0.15) is 36.3 Å². The van der Waals surface area contributed by atoms with Crippen LogP contribution in [-0.2, 0) is 10.9 Å². The van der Waals surface area contributed by atoms with Crippen LogP contribution in [0.15, 0.2) is 6.07 Å². The van der Waals surface area contributed by atoms with E-state index in [0.717, 1.165) is 32.9 Å². The zero-order valence-corrected chi connectivity index (χ0v) is 27.1. The average molecular weight is 718 g/mol. The van der Waals surface area contributed by atoms with E-state index >= 15 is 4.39 Å². The van der Waals surface area contributed by atoms with Crippen molar-refractivity contribution in [2.45, 2.75) is 63.7 Å². The predicted octanol–water partition coefficient (Wildman–Crippen LogP) is 5.25. The predicted molar refractivity (Wildman–Crippen MR) is 165 cm³/mol. The second-order valence-corrected chi connectivity index (χ2v) is 13.4. The number of nitrogen functional groups attached to an aromatic ring is 1. The highest BCUT2D eigenvalue weighted by Gasteiger charge is 2.53. The van der Waals surface area contributed by atoms with E-state index in [9.17, 15) is 30.7 Å². The summed E-state index contributed by atoms with van der Waals surface area (Å²) >= 11 is 0. The third-order valence-electron chi connectivity index (χ3n) is 10.0. The first-order valence-corrected chi connectivity index (χ1v) is 16.3. The largest absolute Gasteiger partial charge is 0.463 e. The third kappa shape index (κ3) is 6.23. The number of nitrogens with zero attached hydrogens (tertiary/aromatic N) is 5. The summed E-state index contributed by atoms with van der Waals surface area (Å²) in [6.45, 7) is 5.91. The Morgan fingerprint density at radius 1 is 1.06 bits per heavy atom. The molecular formula is C32H35F8N7O3. The summed E-state index contributed by atoms with van der Waals surface area (Å²) in [6, 6.07) is -1.52. The van der Waals surface area contributed by atoms with Crippen molar-refractivity contribution >= 4 is 22.4 Å². The Hall–Kier alpha value is -3.77. The van der Waals surface area contributed by atoms with Crippen LogP contribution in [0, 0.1) is 24.0 Å². The molecule has 18 heteroatoms. The standard InChI is InChI=1S/C32H35F8N7O3/c1-3-16-12-47-19(11-42-16)26(32(38,39)40)50-28-20-25(23(34)24(43-28)17-10-18(41)22(33)15(2)21(17)31(35,36)37)44-29(45-27(20)47)49-14-30(4-5-30)13-46-6-8-48-9-7-46/h10,16,19,26,42H,3-9,11-14,41H2,1-2H3/t16-,19+,26?/m1/s1. The van der Waals surface area contributed by atoms with Crippen molar-refractivity contribution in [1.29, 1.82) is 0 Å². The van der Waals surface area contributed by atoms with E-state index in [1.54, 1.807) is 0 Å². The van der Waals surface area contributed by atoms with Crippen molar-refractivity contribution in [3.63, 3.8) is 0 Å². The van der Waals surface area contributed by atoms with E-state index in [4.69, 9.17) is 19.9 Å². The van der Waals surface area contributed by atoms with Crippen molar-refractivity contribution in [3.05, 3.63) is 28.8 Å². The summed E-state index contributed by atoms with van der Waals surface area (Å²) in [5.74, 6) is -3.79. The summed E-state index contributed by atoms with van der Waals surface area (Å²) in [7, 11) is 0. The third-order valence-corrected chi connectivity index (χ3v) is 10.0. The van der Waals surface area contributed by atoms with Gasteiger partial charge in [0.2, 0.25) is 12.0 Å². The number of rotatable bonds is 7. The maximum Gasteiger partial charge on any atom is 0.427 e. The van der Waals surface area contributed by atoms with Gasteiger partial charge < -0.3 is 30.2 Å². The number of morpholine rings is 1. The molecule has 3 aliphatic heterocycles. The zero-order chi connectivity index (χ0) is 35.7. The number of fused-ring (bicyclic) bond motifs is 2. The van der Waals surface area contributed by atoms with Gasteiger partial charge in [0.05, 0.1) is 37.1 Å². The number of anilines is 2. The van der Waals surface area contributed by atoms with Crippen LogP contribution in [0.1, 0.15) is 37.3 Å². The maximum absolute atomic E-state index is 16.8. The lowest BCUT2D eigenvalue weighted by atomic mass is 9.96. The number of pyridine rings is 1. The Balaban J connectivity index is 1.41.